The van der Waals surface area contributed by atoms with E-state index in [1.807, 2.05) is 103 Å². The summed E-state index contributed by atoms with van der Waals surface area (Å²) in [7, 11) is 0. The fourth-order valence-electron chi connectivity index (χ4n) is 7.64. The Kier molecular flexibility index (Phi) is 8.48. The van der Waals surface area contributed by atoms with Crippen molar-refractivity contribution in [2.24, 2.45) is 0 Å². The zero-order chi connectivity index (χ0) is 38.1. The topological polar surface area (TPSA) is 75.6 Å². The summed E-state index contributed by atoms with van der Waals surface area (Å²) >= 11 is 0. The first-order valence-electron chi connectivity index (χ1n) is 18.8. The Bertz CT molecular complexity index is 3130. The van der Waals surface area contributed by atoms with E-state index in [1.165, 1.54) is 11.1 Å². The van der Waals surface area contributed by atoms with E-state index in [1.54, 1.807) is 0 Å². The van der Waals surface area contributed by atoms with Crippen molar-refractivity contribution in [1.82, 2.24) is 15.0 Å². The highest BCUT2D eigenvalue weighted by atomic mass is 16.3. The minimum absolute atomic E-state index is 0.528. The van der Waals surface area contributed by atoms with Crippen molar-refractivity contribution in [3.05, 3.63) is 200 Å². The standard InChI is InChI=1S/C52H32N4O/c53-33-41-17-7-8-20-42(41)38-18-11-19-39(31-38)50-54-51(56-52(55-50)45-22-10-9-21-43(45)36-15-5-2-6-16-36)40-29-30-46-48(32-40)57-47-24-12-23-44(49(46)47)37-27-25-35(26-28-37)34-13-3-1-4-14-34/h1-32H. The number of aromatic nitrogens is 3. The molecule has 0 N–H and O–H groups in total. The van der Waals surface area contributed by atoms with Crippen molar-refractivity contribution in [2.75, 3.05) is 0 Å². The number of benzene rings is 8. The smallest absolute Gasteiger partial charge is 0.164 e. The van der Waals surface area contributed by atoms with E-state index in [9.17, 15) is 5.26 Å². The molecular weight excluding hydrogens is 697 g/mol. The van der Waals surface area contributed by atoms with Gasteiger partial charge in [0.25, 0.3) is 0 Å². The van der Waals surface area contributed by atoms with Gasteiger partial charge in [-0.05, 0) is 74.8 Å². The normalized spacial score (nSPS) is 11.1. The lowest BCUT2D eigenvalue weighted by molar-refractivity contribution is 0.669. The Balaban J connectivity index is 1.11. The Hall–Kier alpha value is -7.94. The predicted octanol–water partition coefficient (Wildman–Crippen LogP) is 13.3. The van der Waals surface area contributed by atoms with Gasteiger partial charge in [0, 0.05) is 27.5 Å². The van der Waals surface area contributed by atoms with Gasteiger partial charge in [0.1, 0.15) is 11.2 Å². The summed E-state index contributed by atoms with van der Waals surface area (Å²) in [6.07, 6.45) is 0. The molecule has 0 aliphatic heterocycles. The number of nitriles is 1. The quantitative estimate of drug-likeness (QED) is 0.163. The number of hydrogen-bond acceptors (Lipinski definition) is 5. The summed E-state index contributed by atoms with van der Waals surface area (Å²) in [5.41, 5.74) is 13.1. The van der Waals surface area contributed by atoms with E-state index in [0.717, 1.165) is 72.0 Å². The van der Waals surface area contributed by atoms with Crippen LogP contribution in [0.5, 0.6) is 0 Å². The first-order chi connectivity index (χ1) is 28.2. The van der Waals surface area contributed by atoms with Gasteiger partial charge in [-0.1, -0.05) is 164 Å². The minimum Gasteiger partial charge on any atom is -0.456 e. The zero-order valence-electron chi connectivity index (χ0n) is 30.7. The van der Waals surface area contributed by atoms with E-state index >= 15 is 0 Å². The van der Waals surface area contributed by atoms with Crippen LogP contribution >= 0.6 is 0 Å². The van der Waals surface area contributed by atoms with Crippen LogP contribution in [-0.4, -0.2) is 15.0 Å². The summed E-state index contributed by atoms with van der Waals surface area (Å²) < 4.78 is 6.57. The van der Waals surface area contributed by atoms with Crippen LogP contribution in [0.2, 0.25) is 0 Å². The largest absolute Gasteiger partial charge is 0.456 e. The first kappa shape index (κ1) is 33.6. The van der Waals surface area contributed by atoms with Crippen molar-refractivity contribution < 1.29 is 4.42 Å². The lowest BCUT2D eigenvalue weighted by atomic mass is 9.96. The van der Waals surface area contributed by atoms with Crippen LogP contribution < -0.4 is 0 Å². The molecule has 5 heteroatoms. The van der Waals surface area contributed by atoms with Crippen molar-refractivity contribution in [3.8, 4) is 84.7 Å². The van der Waals surface area contributed by atoms with Gasteiger partial charge in [0.2, 0.25) is 0 Å². The summed E-state index contributed by atoms with van der Waals surface area (Å²) in [5.74, 6) is 1.61. The van der Waals surface area contributed by atoms with E-state index in [2.05, 4.69) is 97.1 Å². The van der Waals surface area contributed by atoms with E-state index in [4.69, 9.17) is 19.4 Å². The highest BCUT2D eigenvalue weighted by Gasteiger charge is 2.19. The maximum absolute atomic E-state index is 9.86. The number of nitrogens with zero attached hydrogens (tertiary/aromatic N) is 4. The molecule has 0 fully saturated rings. The van der Waals surface area contributed by atoms with Crippen LogP contribution in [-0.2, 0) is 0 Å². The summed E-state index contributed by atoms with van der Waals surface area (Å²) in [6, 6.07) is 68.0. The molecule has 0 aliphatic carbocycles. The van der Waals surface area contributed by atoms with Gasteiger partial charge >= 0.3 is 0 Å². The van der Waals surface area contributed by atoms with Crippen molar-refractivity contribution in [3.63, 3.8) is 0 Å². The van der Waals surface area contributed by atoms with Gasteiger partial charge in [0.05, 0.1) is 11.6 Å². The van der Waals surface area contributed by atoms with Crippen molar-refractivity contribution in [1.29, 1.82) is 5.26 Å². The Labute approximate surface area is 329 Å². The molecule has 2 heterocycles. The highest BCUT2D eigenvalue weighted by molar-refractivity contribution is 6.13. The van der Waals surface area contributed by atoms with Crippen molar-refractivity contribution >= 4 is 21.9 Å². The van der Waals surface area contributed by atoms with Crippen LogP contribution in [0.4, 0.5) is 0 Å². The number of hydrogen-bond donors (Lipinski definition) is 0. The van der Waals surface area contributed by atoms with Crippen LogP contribution in [0.15, 0.2) is 199 Å². The molecule has 0 atom stereocenters. The Morgan fingerprint density at radius 3 is 1.61 bits per heavy atom. The lowest BCUT2D eigenvalue weighted by Gasteiger charge is -2.12. The average Bonchev–Trinajstić information content (AvgIpc) is 3.68. The molecule has 0 spiro atoms. The molecule has 0 saturated carbocycles. The van der Waals surface area contributed by atoms with E-state index < -0.39 is 0 Å². The SMILES string of the molecule is N#Cc1ccccc1-c1cccc(-c2nc(-c3ccc4c(c3)oc3cccc(-c5ccc(-c6ccccc6)cc5)c34)nc(-c3ccccc3-c3ccccc3)n2)c1. The molecule has 266 valence electrons. The number of fused-ring (bicyclic) bond motifs is 3. The van der Waals surface area contributed by atoms with Gasteiger partial charge in [-0.15, -0.1) is 0 Å². The first-order valence-corrected chi connectivity index (χ1v) is 18.8. The van der Waals surface area contributed by atoms with E-state index in [-0.39, 0.29) is 0 Å². The zero-order valence-corrected chi connectivity index (χ0v) is 30.7. The maximum atomic E-state index is 9.86. The van der Waals surface area contributed by atoms with Gasteiger partial charge in [-0.25, -0.2) is 15.0 Å². The predicted molar refractivity (Wildman–Crippen MR) is 230 cm³/mol. The molecule has 57 heavy (non-hydrogen) atoms. The van der Waals surface area contributed by atoms with Gasteiger partial charge < -0.3 is 4.42 Å². The summed E-state index contributed by atoms with van der Waals surface area (Å²) in [4.78, 5) is 15.4. The van der Waals surface area contributed by atoms with E-state index in [0.29, 0.717) is 23.0 Å². The number of furan rings is 1. The van der Waals surface area contributed by atoms with Crippen LogP contribution in [0.3, 0.4) is 0 Å². The molecule has 5 nitrogen and oxygen atoms in total. The number of rotatable bonds is 7. The van der Waals surface area contributed by atoms with Gasteiger partial charge in [-0.2, -0.15) is 5.26 Å². The second-order valence-corrected chi connectivity index (χ2v) is 13.9. The van der Waals surface area contributed by atoms with Crippen LogP contribution in [0.1, 0.15) is 5.56 Å². The summed E-state index contributed by atoms with van der Waals surface area (Å²) in [5, 5.41) is 11.9. The molecule has 0 bridgehead atoms. The molecule has 0 amide bonds. The molecule has 0 unspecified atom stereocenters. The molecule has 0 saturated heterocycles. The third kappa shape index (κ3) is 6.32. The third-order valence-corrected chi connectivity index (χ3v) is 10.4. The molecule has 0 aliphatic rings. The molecule has 10 rings (SSSR count). The third-order valence-electron chi connectivity index (χ3n) is 10.4. The Morgan fingerprint density at radius 2 is 0.860 bits per heavy atom. The fraction of sp³-hybridized carbons (Fsp3) is 0. The fourth-order valence-corrected chi connectivity index (χ4v) is 7.64. The Morgan fingerprint density at radius 1 is 0.351 bits per heavy atom. The monoisotopic (exact) mass is 728 g/mol. The second-order valence-electron chi connectivity index (χ2n) is 13.9. The summed E-state index contributed by atoms with van der Waals surface area (Å²) in [6.45, 7) is 0. The van der Waals surface area contributed by atoms with Crippen molar-refractivity contribution in [2.45, 2.75) is 0 Å². The lowest BCUT2D eigenvalue weighted by Crippen LogP contribution is -2.01. The molecule has 2 aromatic heterocycles. The second kappa shape index (κ2) is 14.4. The molecule has 10 aromatic rings. The molecular formula is C52H32N4O. The molecule has 0 radical (unpaired) electrons. The highest BCUT2D eigenvalue weighted by Crippen LogP contribution is 2.39. The minimum atomic E-state index is 0.528. The van der Waals surface area contributed by atoms with Gasteiger partial charge in [-0.3, -0.25) is 0 Å². The maximum Gasteiger partial charge on any atom is 0.164 e. The van der Waals surface area contributed by atoms with Crippen LogP contribution in [0.25, 0.3) is 101 Å². The van der Waals surface area contributed by atoms with Gasteiger partial charge in [0.15, 0.2) is 17.5 Å². The molecule has 8 aromatic carbocycles. The average molecular weight is 729 g/mol. The van der Waals surface area contributed by atoms with Crippen LogP contribution in [0, 0.1) is 11.3 Å².